The Balaban J connectivity index is 2.19. The van der Waals surface area contributed by atoms with Gasteiger partial charge in [-0.25, -0.2) is 9.18 Å². The highest BCUT2D eigenvalue weighted by Gasteiger charge is 2.39. The third kappa shape index (κ3) is 8.38. The van der Waals surface area contributed by atoms with Crippen LogP contribution in [-0.4, -0.2) is 51.0 Å². The molecular weight excluding hydrogens is 293 g/mol. The van der Waals surface area contributed by atoms with E-state index in [1.165, 1.54) is 0 Å². The third-order valence-electron chi connectivity index (χ3n) is 3.67. The molecule has 0 aromatic carbocycles. The van der Waals surface area contributed by atoms with E-state index in [2.05, 4.69) is 25.0 Å². The van der Waals surface area contributed by atoms with E-state index in [1.54, 1.807) is 0 Å². The fourth-order valence-corrected chi connectivity index (χ4v) is 2.98. The maximum atomic E-state index is 14.1. The van der Waals surface area contributed by atoms with Gasteiger partial charge in [0.2, 0.25) is 0 Å². The second kappa shape index (κ2) is 8.10. The van der Waals surface area contributed by atoms with Crippen molar-refractivity contribution in [1.82, 2.24) is 5.32 Å². The molecular formula is C14H28FNO4Si. The lowest BCUT2D eigenvalue weighted by Crippen LogP contribution is -2.45. The van der Waals surface area contributed by atoms with Crippen molar-refractivity contribution < 1.29 is 23.8 Å². The van der Waals surface area contributed by atoms with Gasteiger partial charge in [-0.15, -0.1) is 0 Å². The Kier molecular flexibility index (Phi) is 7.09. The van der Waals surface area contributed by atoms with Crippen molar-refractivity contribution >= 4 is 14.2 Å². The molecule has 1 fully saturated rings. The quantitative estimate of drug-likeness (QED) is 0.368. The molecule has 1 atom stereocenters. The van der Waals surface area contributed by atoms with Crippen molar-refractivity contribution in [3.63, 3.8) is 0 Å². The maximum absolute atomic E-state index is 14.1. The highest BCUT2D eigenvalue weighted by molar-refractivity contribution is 6.76. The van der Waals surface area contributed by atoms with Crippen molar-refractivity contribution in [3.8, 4) is 0 Å². The number of hydrogen-bond donors (Lipinski definition) is 2. The fourth-order valence-electron chi connectivity index (χ4n) is 2.22. The van der Waals surface area contributed by atoms with Crippen molar-refractivity contribution in [3.05, 3.63) is 0 Å². The molecule has 0 saturated heterocycles. The van der Waals surface area contributed by atoms with Gasteiger partial charge in [0.1, 0.15) is 12.5 Å². The summed E-state index contributed by atoms with van der Waals surface area (Å²) in [6, 6.07) is 0.536. The van der Waals surface area contributed by atoms with Crippen LogP contribution in [0.25, 0.3) is 0 Å². The van der Waals surface area contributed by atoms with Gasteiger partial charge in [-0.2, -0.15) is 0 Å². The number of amides is 1. The van der Waals surface area contributed by atoms with Crippen LogP contribution in [-0.2, 0) is 9.47 Å². The van der Waals surface area contributed by atoms with Gasteiger partial charge in [0.05, 0.1) is 12.6 Å². The van der Waals surface area contributed by atoms with Gasteiger partial charge >= 0.3 is 6.09 Å². The van der Waals surface area contributed by atoms with Crippen LogP contribution in [0.5, 0.6) is 0 Å². The molecule has 7 heteroatoms. The van der Waals surface area contributed by atoms with Gasteiger partial charge in [-0.05, 0) is 25.3 Å². The van der Waals surface area contributed by atoms with Crippen molar-refractivity contribution in [2.45, 2.75) is 63.1 Å². The first-order valence-electron chi connectivity index (χ1n) is 7.54. The summed E-state index contributed by atoms with van der Waals surface area (Å²) in [6.07, 6.45) is 0.923. The number of nitrogens with one attached hydrogen (secondary N) is 1. The summed E-state index contributed by atoms with van der Waals surface area (Å²) in [5, 5.41) is 11.1. The first kappa shape index (κ1) is 18.4. The zero-order valence-corrected chi connectivity index (χ0v) is 14.3. The SMILES string of the molecule is C[Si](C)(C)CCOCOC[C@@H](CC1(F)CCC1)NC(=O)O. The van der Waals surface area contributed by atoms with Crippen molar-refractivity contribution in [1.29, 1.82) is 0 Å². The zero-order chi connectivity index (χ0) is 15.9. The Labute approximate surface area is 127 Å². The number of halogens is 1. The van der Waals surface area contributed by atoms with Crippen LogP contribution in [0, 0.1) is 0 Å². The average molecular weight is 321 g/mol. The Hall–Kier alpha value is -0.663. The minimum atomic E-state index is -1.23. The van der Waals surface area contributed by atoms with Crippen LogP contribution in [0.4, 0.5) is 9.18 Å². The lowest BCUT2D eigenvalue weighted by Gasteiger charge is -2.36. The number of carboxylic acid groups (broad SMARTS) is 1. The smallest absolute Gasteiger partial charge is 0.404 e. The molecule has 0 unspecified atom stereocenters. The molecule has 2 N–H and O–H groups in total. The molecule has 1 amide bonds. The predicted molar refractivity (Wildman–Crippen MR) is 82.2 cm³/mol. The second-order valence-corrected chi connectivity index (χ2v) is 12.7. The van der Waals surface area contributed by atoms with E-state index in [4.69, 9.17) is 14.6 Å². The van der Waals surface area contributed by atoms with E-state index in [0.717, 1.165) is 12.5 Å². The number of rotatable bonds is 10. The van der Waals surface area contributed by atoms with E-state index in [0.29, 0.717) is 19.4 Å². The monoisotopic (exact) mass is 321 g/mol. The van der Waals surface area contributed by atoms with Crippen LogP contribution in [0.2, 0.25) is 25.7 Å². The van der Waals surface area contributed by atoms with Gasteiger partial charge in [0, 0.05) is 21.1 Å². The Morgan fingerprint density at radius 2 is 2.05 bits per heavy atom. The fraction of sp³-hybridized carbons (Fsp3) is 0.929. The van der Waals surface area contributed by atoms with Crippen molar-refractivity contribution in [2.24, 2.45) is 0 Å². The molecule has 0 spiro atoms. The Bertz CT molecular complexity index is 331. The zero-order valence-electron chi connectivity index (χ0n) is 13.3. The lowest BCUT2D eigenvalue weighted by atomic mass is 9.78. The standard InChI is InChI=1S/C14H28FNO4Si/c1-21(2,3)8-7-19-11-20-10-12(16-13(17)18)9-14(15)5-4-6-14/h12,16H,4-11H2,1-3H3,(H,17,18)/t12-/m1/s1. The van der Waals surface area contributed by atoms with Gasteiger partial charge < -0.3 is 19.9 Å². The highest BCUT2D eigenvalue weighted by Crippen LogP contribution is 2.39. The van der Waals surface area contributed by atoms with Crippen LogP contribution in [0.1, 0.15) is 25.7 Å². The molecule has 124 valence electrons. The molecule has 0 bridgehead atoms. The van der Waals surface area contributed by atoms with Crippen LogP contribution in [0.3, 0.4) is 0 Å². The molecule has 0 aromatic rings. The number of alkyl halides is 1. The number of carbonyl (C=O) groups is 1. The molecule has 1 aliphatic rings. The van der Waals surface area contributed by atoms with E-state index >= 15 is 0 Å². The predicted octanol–water partition coefficient (Wildman–Crippen LogP) is 3.23. The minimum absolute atomic E-state index is 0.127. The molecule has 5 nitrogen and oxygen atoms in total. The molecule has 0 aromatic heterocycles. The van der Waals surface area contributed by atoms with Crippen LogP contribution >= 0.6 is 0 Å². The summed E-state index contributed by atoms with van der Waals surface area (Å²) in [4.78, 5) is 10.7. The maximum Gasteiger partial charge on any atom is 0.404 e. The summed E-state index contributed by atoms with van der Waals surface area (Å²) < 4.78 is 24.8. The first-order chi connectivity index (χ1) is 9.70. The molecule has 1 aliphatic carbocycles. The Morgan fingerprint density at radius 1 is 1.38 bits per heavy atom. The van der Waals surface area contributed by atoms with Crippen LogP contribution in [0.15, 0.2) is 0 Å². The Morgan fingerprint density at radius 3 is 2.52 bits per heavy atom. The van der Waals surface area contributed by atoms with Crippen molar-refractivity contribution in [2.75, 3.05) is 20.0 Å². The minimum Gasteiger partial charge on any atom is -0.465 e. The molecule has 0 aliphatic heterocycles. The largest absolute Gasteiger partial charge is 0.465 e. The van der Waals surface area contributed by atoms with Gasteiger partial charge in [-0.3, -0.25) is 0 Å². The van der Waals surface area contributed by atoms with Gasteiger partial charge in [-0.1, -0.05) is 19.6 Å². The second-order valence-electron chi connectivity index (χ2n) is 7.06. The number of ether oxygens (including phenoxy) is 2. The van der Waals surface area contributed by atoms with E-state index < -0.39 is 25.9 Å². The molecule has 1 rings (SSSR count). The van der Waals surface area contributed by atoms with E-state index in [-0.39, 0.29) is 19.8 Å². The summed E-state index contributed by atoms with van der Waals surface area (Å²) in [7, 11) is -1.11. The number of hydrogen-bond acceptors (Lipinski definition) is 3. The molecule has 0 radical (unpaired) electrons. The van der Waals surface area contributed by atoms with E-state index in [1.807, 2.05) is 0 Å². The topological polar surface area (TPSA) is 67.8 Å². The molecule has 0 heterocycles. The van der Waals surface area contributed by atoms with Gasteiger partial charge in [0.25, 0.3) is 0 Å². The lowest BCUT2D eigenvalue weighted by molar-refractivity contribution is -0.0629. The van der Waals surface area contributed by atoms with Crippen LogP contribution < -0.4 is 5.32 Å². The molecule has 1 saturated carbocycles. The summed E-state index contributed by atoms with van der Waals surface area (Å²) in [5.41, 5.74) is -1.23. The highest BCUT2D eigenvalue weighted by atomic mass is 28.3. The summed E-state index contributed by atoms with van der Waals surface area (Å²) >= 11 is 0. The van der Waals surface area contributed by atoms with Gasteiger partial charge in [0.15, 0.2) is 0 Å². The first-order valence-corrected chi connectivity index (χ1v) is 11.2. The normalized spacial score (nSPS) is 18.9. The summed E-state index contributed by atoms with van der Waals surface area (Å²) in [5.74, 6) is 0. The summed E-state index contributed by atoms with van der Waals surface area (Å²) in [6.45, 7) is 7.72. The average Bonchev–Trinajstić information content (AvgIpc) is 2.29. The molecule has 21 heavy (non-hydrogen) atoms. The van der Waals surface area contributed by atoms with E-state index in [9.17, 15) is 9.18 Å². The third-order valence-corrected chi connectivity index (χ3v) is 5.38.